The number of esters is 2. The molecule has 8 nitrogen and oxygen atoms in total. The number of aromatic amines is 1. The summed E-state index contributed by atoms with van der Waals surface area (Å²) in [7, 11) is 1.23. The van der Waals surface area contributed by atoms with Gasteiger partial charge in [-0.3, -0.25) is 4.79 Å². The topological polar surface area (TPSA) is 104 Å². The number of hydrogen-bond acceptors (Lipinski definition) is 7. The Hall–Kier alpha value is -3.43. The lowest BCUT2D eigenvalue weighted by atomic mass is 10.1. The Kier molecular flexibility index (Phi) is 7.51. The van der Waals surface area contributed by atoms with E-state index in [4.69, 9.17) is 14.2 Å². The molecule has 0 spiro atoms. The van der Waals surface area contributed by atoms with Gasteiger partial charge in [-0.05, 0) is 38.5 Å². The first-order valence-electron chi connectivity index (χ1n) is 8.89. The van der Waals surface area contributed by atoms with Gasteiger partial charge in [-0.2, -0.15) is 8.78 Å². The average molecular weight is 425 g/mol. The van der Waals surface area contributed by atoms with E-state index in [-0.39, 0.29) is 29.2 Å². The van der Waals surface area contributed by atoms with Gasteiger partial charge < -0.3 is 23.9 Å². The van der Waals surface area contributed by atoms with Crippen LogP contribution in [0.15, 0.2) is 18.2 Å². The number of nitrogens with one attached hydrogen (secondary N) is 1. The van der Waals surface area contributed by atoms with Crippen LogP contribution in [0.25, 0.3) is 0 Å². The van der Waals surface area contributed by atoms with E-state index in [1.807, 2.05) is 0 Å². The molecule has 2 rings (SSSR count). The highest BCUT2D eigenvalue weighted by molar-refractivity contribution is 6.04. The molecule has 0 aliphatic carbocycles. The number of rotatable bonds is 9. The van der Waals surface area contributed by atoms with Crippen LogP contribution in [0.2, 0.25) is 0 Å². The van der Waals surface area contributed by atoms with Crippen molar-refractivity contribution in [3.05, 3.63) is 46.3 Å². The first kappa shape index (κ1) is 22.9. The fourth-order valence-electron chi connectivity index (χ4n) is 2.90. The van der Waals surface area contributed by atoms with Crippen LogP contribution in [0.1, 0.15) is 49.4 Å². The van der Waals surface area contributed by atoms with Crippen molar-refractivity contribution in [3.63, 3.8) is 0 Å². The van der Waals surface area contributed by atoms with Crippen LogP contribution in [0, 0.1) is 13.8 Å². The van der Waals surface area contributed by atoms with E-state index in [1.165, 1.54) is 25.3 Å². The third-order valence-electron chi connectivity index (χ3n) is 4.16. The normalized spacial score (nSPS) is 10.6. The number of benzene rings is 1. The number of halogens is 2. The number of Topliss-reactive ketones (excluding diaryl/α,β-unsaturated/α-hetero) is 1. The number of hydrogen-bond donors (Lipinski definition) is 1. The van der Waals surface area contributed by atoms with Crippen LogP contribution in [-0.4, -0.2) is 49.6 Å². The number of para-hydroxylation sites is 1. The van der Waals surface area contributed by atoms with Crippen molar-refractivity contribution >= 4 is 17.7 Å². The monoisotopic (exact) mass is 425 g/mol. The maximum absolute atomic E-state index is 12.7. The van der Waals surface area contributed by atoms with Crippen LogP contribution in [0.4, 0.5) is 8.78 Å². The van der Waals surface area contributed by atoms with Crippen molar-refractivity contribution < 1.29 is 42.1 Å². The SMILES string of the molecule is CCOC(=O)c1[nH]c(C)c(C(=O)COC(=O)c2cccc(OC)c2OC(F)F)c1C. The number of aromatic nitrogens is 1. The summed E-state index contributed by atoms with van der Waals surface area (Å²) in [4.78, 5) is 39.7. The van der Waals surface area contributed by atoms with Crippen molar-refractivity contribution in [2.45, 2.75) is 27.4 Å². The van der Waals surface area contributed by atoms with Crippen molar-refractivity contribution in [3.8, 4) is 11.5 Å². The lowest BCUT2D eigenvalue weighted by molar-refractivity contribution is -0.0518. The zero-order valence-electron chi connectivity index (χ0n) is 16.8. The molecule has 30 heavy (non-hydrogen) atoms. The molecule has 1 aromatic carbocycles. The van der Waals surface area contributed by atoms with Crippen molar-refractivity contribution in [2.24, 2.45) is 0 Å². The number of ketones is 1. The molecule has 0 radical (unpaired) electrons. The average Bonchev–Trinajstić information content (AvgIpc) is 3.00. The summed E-state index contributed by atoms with van der Waals surface area (Å²) in [5.74, 6) is -2.82. The Labute approximate surface area is 171 Å². The van der Waals surface area contributed by atoms with Gasteiger partial charge in [0, 0.05) is 11.3 Å². The maximum atomic E-state index is 12.7. The molecule has 0 saturated carbocycles. The van der Waals surface area contributed by atoms with Gasteiger partial charge >= 0.3 is 18.6 Å². The molecule has 1 N–H and O–H groups in total. The number of carbonyl (C=O) groups is 3. The van der Waals surface area contributed by atoms with E-state index in [9.17, 15) is 23.2 Å². The fourth-order valence-corrected chi connectivity index (χ4v) is 2.90. The zero-order valence-corrected chi connectivity index (χ0v) is 16.8. The summed E-state index contributed by atoms with van der Waals surface area (Å²) in [6.45, 7) is 1.09. The third-order valence-corrected chi connectivity index (χ3v) is 4.16. The quantitative estimate of drug-likeness (QED) is 0.485. The lowest BCUT2D eigenvalue weighted by Gasteiger charge is -2.13. The van der Waals surface area contributed by atoms with E-state index < -0.39 is 36.7 Å². The standard InChI is InChI=1S/C20H21F2NO7/c1-5-28-19(26)16-10(2)15(11(3)23-16)13(24)9-29-18(25)12-7-6-8-14(27-4)17(12)30-20(21)22/h6-8,20,23H,5,9H2,1-4H3. The van der Waals surface area contributed by atoms with E-state index in [0.717, 1.165) is 0 Å². The number of aryl methyl sites for hydroxylation is 1. The third kappa shape index (κ3) is 4.94. The van der Waals surface area contributed by atoms with Gasteiger partial charge in [0.05, 0.1) is 13.7 Å². The van der Waals surface area contributed by atoms with Crippen LogP contribution >= 0.6 is 0 Å². The Bertz CT molecular complexity index is 953. The first-order valence-corrected chi connectivity index (χ1v) is 8.89. The Morgan fingerprint density at radius 3 is 2.40 bits per heavy atom. The minimum Gasteiger partial charge on any atom is -0.493 e. The van der Waals surface area contributed by atoms with E-state index >= 15 is 0 Å². The second kappa shape index (κ2) is 9.86. The molecule has 0 atom stereocenters. The molecule has 1 heterocycles. The zero-order chi connectivity index (χ0) is 22.4. The molecule has 162 valence electrons. The molecule has 0 aliphatic rings. The maximum Gasteiger partial charge on any atom is 0.387 e. The molecule has 0 saturated heterocycles. The summed E-state index contributed by atoms with van der Waals surface area (Å²) >= 11 is 0. The molecule has 0 unspecified atom stereocenters. The molecule has 0 fully saturated rings. The van der Waals surface area contributed by atoms with Crippen molar-refractivity contribution in [1.82, 2.24) is 4.98 Å². The van der Waals surface area contributed by atoms with Gasteiger partial charge in [-0.25, -0.2) is 9.59 Å². The molecule has 0 aliphatic heterocycles. The molecule has 10 heteroatoms. The summed E-state index contributed by atoms with van der Waals surface area (Å²) in [5, 5.41) is 0. The predicted octanol–water partition coefficient (Wildman–Crippen LogP) is 3.46. The fraction of sp³-hybridized carbons (Fsp3) is 0.350. The Balaban J connectivity index is 2.20. The number of carbonyl (C=O) groups excluding carboxylic acids is 3. The Morgan fingerprint density at radius 2 is 1.80 bits per heavy atom. The van der Waals surface area contributed by atoms with Gasteiger partial charge in [-0.15, -0.1) is 0 Å². The van der Waals surface area contributed by atoms with Crippen LogP contribution < -0.4 is 9.47 Å². The lowest BCUT2D eigenvalue weighted by Crippen LogP contribution is -2.17. The minimum atomic E-state index is -3.19. The Morgan fingerprint density at radius 1 is 1.10 bits per heavy atom. The summed E-state index contributed by atoms with van der Waals surface area (Å²) in [6, 6.07) is 3.93. The highest BCUT2D eigenvalue weighted by Crippen LogP contribution is 2.33. The van der Waals surface area contributed by atoms with Gasteiger partial charge in [0.1, 0.15) is 11.3 Å². The van der Waals surface area contributed by atoms with Gasteiger partial charge in [0.2, 0.25) is 5.78 Å². The second-order valence-corrected chi connectivity index (χ2v) is 6.06. The van der Waals surface area contributed by atoms with Gasteiger partial charge in [0.15, 0.2) is 18.1 Å². The van der Waals surface area contributed by atoms with Crippen LogP contribution in [0.3, 0.4) is 0 Å². The number of ether oxygens (including phenoxy) is 4. The second-order valence-electron chi connectivity index (χ2n) is 6.06. The van der Waals surface area contributed by atoms with Crippen LogP contribution in [0.5, 0.6) is 11.5 Å². The molecular formula is C20H21F2NO7. The molecule has 0 bridgehead atoms. The smallest absolute Gasteiger partial charge is 0.387 e. The molecule has 2 aromatic rings. The first-order chi connectivity index (χ1) is 14.2. The number of alkyl halides is 2. The summed E-state index contributed by atoms with van der Waals surface area (Å²) in [6.07, 6.45) is 0. The van der Waals surface area contributed by atoms with Gasteiger partial charge in [0.25, 0.3) is 0 Å². The predicted molar refractivity (Wildman–Crippen MR) is 100 cm³/mol. The van der Waals surface area contributed by atoms with E-state index in [0.29, 0.717) is 11.3 Å². The van der Waals surface area contributed by atoms with E-state index in [2.05, 4.69) is 9.72 Å². The summed E-state index contributed by atoms with van der Waals surface area (Å²) < 4.78 is 44.6. The number of methoxy groups -OCH3 is 1. The van der Waals surface area contributed by atoms with Crippen molar-refractivity contribution in [1.29, 1.82) is 0 Å². The summed E-state index contributed by atoms with van der Waals surface area (Å²) in [5.41, 5.74) is 0.747. The highest BCUT2D eigenvalue weighted by Gasteiger charge is 2.25. The van der Waals surface area contributed by atoms with Gasteiger partial charge in [-0.1, -0.05) is 6.07 Å². The largest absolute Gasteiger partial charge is 0.493 e. The van der Waals surface area contributed by atoms with Crippen molar-refractivity contribution in [2.75, 3.05) is 20.3 Å². The van der Waals surface area contributed by atoms with Crippen LogP contribution in [-0.2, 0) is 9.47 Å². The minimum absolute atomic E-state index is 0.0903. The molecule has 0 amide bonds. The molecule has 1 aromatic heterocycles. The number of H-pyrrole nitrogens is 1. The molecular weight excluding hydrogens is 404 g/mol. The van der Waals surface area contributed by atoms with E-state index in [1.54, 1.807) is 20.8 Å². The highest BCUT2D eigenvalue weighted by atomic mass is 19.3.